The lowest BCUT2D eigenvalue weighted by atomic mass is 10.2. The summed E-state index contributed by atoms with van der Waals surface area (Å²) in [6.07, 6.45) is 1.78. The van der Waals surface area contributed by atoms with Crippen molar-refractivity contribution in [3.63, 3.8) is 0 Å². The molecule has 1 fully saturated rings. The van der Waals surface area contributed by atoms with Crippen LogP contribution in [0.3, 0.4) is 0 Å². The van der Waals surface area contributed by atoms with Crippen LogP contribution in [0.5, 0.6) is 17.2 Å². The van der Waals surface area contributed by atoms with Crippen molar-refractivity contribution < 1.29 is 23.7 Å². The van der Waals surface area contributed by atoms with Crippen LogP contribution >= 0.6 is 24.0 Å². The molecule has 1 amide bonds. The van der Waals surface area contributed by atoms with Crippen molar-refractivity contribution in [3.8, 4) is 17.2 Å². The minimum Gasteiger partial charge on any atom is -0.491 e. The summed E-state index contributed by atoms with van der Waals surface area (Å²) in [5.74, 6) is 1.90. The fourth-order valence-corrected chi connectivity index (χ4v) is 3.85. The minimum atomic E-state index is -0.184. The molecule has 0 aromatic heterocycles. The third kappa shape index (κ3) is 7.27. The second-order valence-corrected chi connectivity index (χ2v) is 8.34. The van der Waals surface area contributed by atoms with Gasteiger partial charge in [-0.25, -0.2) is 0 Å². The van der Waals surface area contributed by atoms with Crippen LogP contribution in [0, 0.1) is 6.92 Å². The van der Waals surface area contributed by atoms with Gasteiger partial charge >= 0.3 is 0 Å². The van der Waals surface area contributed by atoms with Crippen LogP contribution in [-0.4, -0.2) is 43.3 Å². The number of aryl methyl sites for hydroxylation is 1. The summed E-state index contributed by atoms with van der Waals surface area (Å²) in [4.78, 5) is 12.4. The average molecular weight is 460 g/mol. The third-order valence-electron chi connectivity index (χ3n) is 4.18. The first-order valence-corrected chi connectivity index (χ1v) is 11.2. The number of thioether (sulfide) groups is 1. The molecule has 2 aromatic carbocycles. The number of nitrogens with one attached hydrogen (secondary N) is 1. The molecule has 6 nitrogen and oxygen atoms in total. The first-order chi connectivity index (χ1) is 15.0. The van der Waals surface area contributed by atoms with Crippen molar-refractivity contribution in [2.75, 3.05) is 33.0 Å². The van der Waals surface area contributed by atoms with Gasteiger partial charge in [-0.15, -0.1) is 0 Å². The van der Waals surface area contributed by atoms with E-state index in [1.165, 1.54) is 11.8 Å². The number of rotatable bonds is 11. The summed E-state index contributed by atoms with van der Waals surface area (Å²) >= 11 is 6.27. The summed E-state index contributed by atoms with van der Waals surface area (Å²) in [7, 11) is 0. The molecule has 1 saturated heterocycles. The van der Waals surface area contributed by atoms with Crippen LogP contribution in [-0.2, 0) is 9.53 Å². The van der Waals surface area contributed by atoms with Crippen LogP contribution in [0.1, 0.15) is 18.1 Å². The number of hydrogen-bond acceptors (Lipinski definition) is 7. The van der Waals surface area contributed by atoms with Gasteiger partial charge in [-0.1, -0.05) is 42.2 Å². The Morgan fingerprint density at radius 2 is 1.81 bits per heavy atom. The topological polar surface area (TPSA) is 66.0 Å². The zero-order valence-corrected chi connectivity index (χ0v) is 19.1. The van der Waals surface area contributed by atoms with E-state index in [1.54, 1.807) is 6.08 Å². The number of benzene rings is 2. The molecule has 1 N–H and O–H groups in total. The first-order valence-electron chi connectivity index (χ1n) is 9.97. The summed E-state index contributed by atoms with van der Waals surface area (Å²) in [5, 5.41) is 2.61. The highest BCUT2D eigenvalue weighted by Gasteiger charge is 2.22. The molecule has 1 heterocycles. The first kappa shape index (κ1) is 23.1. The molecule has 2 aromatic rings. The van der Waals surface area contributed by atoms with E-state index < -0.39 is 0 Å². The molecule has 0 unspecified atom stereocenters. The van der Waals surface area contributed by atoms with Crippen molar-refractivity contribution in [2.24, 2.45) is 0 Å². The molecule has 8 heteroatoms. The van der Waals surface area contributed by atoms with Crippen LogP contribution in [0.4, 0.5) is 0 Å². The van der Waals surface area contributed by atoms with Gasteiger partial charge in [-0.3, -0.25) is 4.79 Å². The van der Waals surface area contributed by atoms with Gasteiger partial charge in [-0.2, -0.15) is 0 Å². The highest BCUT2D eigenvalue weighted by molar-refractivity contribution is 8.26. The lowest BCUT2D eigenvalue weighted by molar-refractivity contribution is -0.115. The summed E-state index contributed by atoms with van der Waals surface area (Å²) in [6, 6.07) is 13.5. The highest BCUT2D eigenvalue weighted by Crippen LogP contribution is 2.31. The van der Waals surface area contributed by atoms with Gasteiger partial charge < -0.3 is 24.3 Å². The van der Waals surface area contributed by atoms with Gasteiger partial charge in [0.15, 0.2) is 11.5 Å². The zero-order valence-electron chi connectivity index (χ0n) is 17.5. The van der Waals surface area contributed by atoms with E-state index in [2.05, 4.69) is 5.32 Å². The third-order valence-corrected chi connectivity index (χ3v) is 5.34. The standard InChI is InChI=1S/C23H25NO5S2/c1-3-27-20-14-17(15-21-22(25)24-23(30)31-21)7-8-19(20)29-12-10-26-9-11-28-18-6-4-5-16(2)13-18/h4-8,13-15H,3,9-12H2,1-2H3,(H,24,25,30). The number of thiocarbonyl (C=S) groups is 1. The molecule has 164 valence electrons. The van der Waals surface area contributed by atoms with Crippen molar-refractivity contribution in [3.05, 3.63) is 58.5 Å². The Kier molecular flexibility index (Phi) is 8.75. The molecule has 3 rings (SSSR count). The predicted molar refractivity (Wildman–Crippen MR) is 127 cm³/mol. The number of carbonyl (C=O) groups excluding carboxylic acids is 1. The molecule has 1 aliphatic heterocycles. The second-order valence-electron chi connectivity index (χ2n) is 6.62. The predicted octanol–water partition coefficient (Wildman–Crippen LogP) is 4.36. The monoisotopic (exact) mass is 459 g/mol. The Hall–Kier alpha value is -2.55. The summed E-state index contributed by atoms with van der Waals surface area (Å²) in [5.41, 5.74) is 2.00. The normalized spacial score (nSPS) is 14.6. The molecule has 0 saturated carbocycles. The lowest BCUT2D eigenvalue weighted by Gasteiger charge is -2.13. The molecule has 1 aliphatic rings. The molecule has 0 atom stereocenters. The van der Waals surface area contributed by atoms with E-state index in [0.29, 0.717) is 53.8 Å². The largest absolute Gasteiger partial charge is 0.491 e. The van der Waals surface area contributed by atoms with Crippen molar-refractivity contribution in [2.45, 2.75) is 13.8 Å². The zero-order chi connectivity index (χ0) is 22.1. The Morgan fingerprint density at radius 3 is 2.52 bits per heavy atom. The van der Waals surface area contributed by atoms with E-state index >= 15 is 0 Å². The molecule has 0 spiro atoms. The van der Waals surface area contributed by atoms with Gasteiger partial charge in [0.2, 0.25) is 0 Å². The van der Waals surface area contributed by atoms with Crippen molar-refractivity contribution in [1.82, 2.24) is 5.32 Å². The molecule has 31 heavy (non-hydrogen) atoms. The molecular formula is C23H25NO5S2. The Labute approximate surface area is 191 Å². The maximum atomic E-state index is 11.8. The molecular weight excluding hydrogens is 434 g/mol. The van der Waals surface area contributed by atoms with E-state index in [0.717, 1.165) is 16.9 Å². The Balaban J connectivity index is 1.45. The van der Waals surface area contributed by atoms with Crippen LogP contribution in [0.2, 0.25) is 0 Å². The van der Waals surface area contributed by atoms with Gasteiger partial charge in [0, 0.05) is 0 Å². The minimum absolute atomic E-state index is 0.184. The summed E-state index contributed by atoms with van der Waals surface area (Å²) < 4.78 is 23.2. The van der Waals surface area contributed by atoms with Crippen LogP contribution in [0.15, 0.2) is 47.4 Å². The SMILES string of the molecule is CCOc1cc(C=C2SC(=S)NC2=O)ccc1OCCOCCOc1cccc(C)c1. The Bertz CT molecular complexity index is 961. The maximum Gasteiger partial charge on any atom is 0.263 e. The average Bonchev–Trinajstić information content (AvgIpc) is 3.05. The highest BCUT2D eigenvalue weighted by atomic mass is 32.2. The van der Waals surface area contributed by atoms with Crippen molar-refractivity contribution >= 4 is 40.3 Å². The van der Waals surface area contributed by atoms with E-state index in [9.17, 15) is 4.79 Å². The summed E-state index contributed by atoms with van der Waals surface area (Å²) in [6.45, 7) is 6.21. The molecule has 0 bridgehead atoms. The van der Waals surface area contributed by atoms with E-state index in [1.807, 2.05) is 56.3 Å². The van der Waals surface area contributed by atoms with Gasteiger partial charge in [-0.05, 0) is 55.3 Å². The van der Waals surface area contributed by atoms with Gasteiger partial charge in [0.05, 0.1) is 24.7 Å². The fraction of sp³-hybridized carbons (Fsp3) is 0.304. The van der Waals surface area contributed by atoms with Gasteiger partial charge in [0.25, 0.3) is 5.91 Å². The smallest absolute Gasteiger partial charge is 0.263 e. The molecule has 0 radical (unpaired) electrons. The van der Waals surface area contributed by atoms with E-state index in [4.69, 9.17) is 31.2 Å². The Morgan fingerprint density at radius 1 is 1.00 bits per heavy atom. The quantitative estimate of drug-likeness (QED) is 0.304. The van der Waals surface area contributed by atoms with Crippen molar-refractivity contribution in [1.29, 1.82) is 0 Å². The van der Waals surface area contributed by atoms with E-state index in [-0.39, 0.29) is 5.91 Å². The maximum absolute atomic E-state index is 11.8. The number of carbonyl (C=O) groups is 1. The number of hydrogen-bond donors (Lipinski definition) is 1. The second kappa shape index (κ2) is 11.7. The lowest BCUT2D eigenvalue weighted by Crippen LogP contribution is -2.17. The fourth-order valence-electron chi connectivity index (χ4n) is 2.81. The van der Waals surface area contributed by atoms with Gasteiger partial charge in [0.1, 0.15) is 23.3 Å². The number of amides is 1. The van der Waals surface area contributed by atoms with Crippen LogP contribution < -0.4 is 19.5 Å². The van der Waals surface area contributed by atoms with Crippen LogP contribution in [0.25, 0.3) is 6.08 Å². The number of ether oxygens (including phenoxy) is 4. The molecule has 0 aliphatic carbocycles.